The molecule has 1 fully saturated rings. The van der Waals surface area contributed by atoms with Gasteiger partial charge in [-0.1, -0.05) is 6.07 Å². The van der Waals surface area contributed by atoms with Crippen molar-refractivity contribution in [1.29, 1.82) is 0 Å². The van der Waals surface area contributed by atoms with Gasteiger partial charge in [0.05, 0.1) is 11.1 Å². The minimum atomic E-state index is -4.42. The molecule has 3 nitrogen and oxygen atoms in total. The van der Waals surface area contributed by atoms with E-state index in [1.165, 1.54) is 11.0 Å². The summed E-state index contributed by atoms with van der Waals surface area (Å²) in [7, 11) is 0. The van der Waals surface area contributed by atoms with Gasteiger partial charge in [-0.25, -0.2) is 8.78 Å². The highest BCUT2D eigenvalue weighted by Crippen LogP contribution is 2.32. The summed E-state index contributed by atoms with van der Waals surface area (Å²) in [5.41, 5.74) is -0.541. The summed E-state index contributed by atoms with van der Waals surface area (Å²) in [6.45, 7) is 1.09. The van der Waals surface area contributed by atoms with E-state index in [2.05, 4.69) is 0 Å². The predicted molar refractivity (Wildman–Crippen MR) is 85.9 cm³/mol. The van der Waals surface area contributed by atoms with E-state index in [1.54, 1.807) is 11.0 Å². The second-order valence-corrected chi connectivity index (χ2v) is 5.95. The number of halogens is 5. The number of amides is 1. The molecule has 0 unspecified atom stereocenters. The van der Waals surface area contributed by atoms with Crippen molar-refractivity contribution in [2.24, 2.45) is 0 Å². The van der Waals surface area contributed by atoms with Crippen LogP contribution in [0.4, 0.5) is 27.6 Å². The Morgan fingerprint density at radius 1 is 0.923 bits per heavy atom. The molecule has 1 amide bonds. The van der Waals surface area contributed by atoms with Gasteiger partial charge >= 0.3 is 6.18 Å². The van der Waals surface area contributed by atoms with Gasteiger partial charge in [-0.05, 0) is 30.3 Å². The molecule has 0 aromatic heterocycles. The number of hydrogen-bond acceptors (Lipinski definition) is 2. The zero-order valence-corrected chi connectivity index (χ0v) is 13.6. The van der Waals surface area contributed by atoms with Crippen LogP contribution in [0.2, 0.25) is 0 Å². The maximum absolute atomic E-state index is 13.7. The molecule has 2 aromatic carbocycles. The van der Waals surface area contributed by atoms with Gasteiger partial charge in [0, 0.05) is 37.9 Å². The number of alkyl halides is 3. The summed E-state index contributed by atoms with van der Waals surface area (Å²) >= 11 is 0. The van der Waals surface area contributed by atoms with E-state index in [9.17, 15) is 26.7 Å². The van der Waals surface area contributed by atoms with Crippen molar-refractivity contribution in [2.45, 2.75) is 6.18 Å². The molecule has 0 bridgehead atoms. The lowest BCUT2D eigenvalue weighted by atomic mass is 10.1. The van der Waals surface area contributed by atoms with E-state index in [4.69, 9.17) is 0 Å². The van der Waals surface area contributed by atoms with Crippen LogP contribution in [0.3, 0.4) is 0 Å². The molecule has 0 N–H and O–H groups in total. The number of nitrogens with zero attached hydrogens (tertiary/aromatic N) is 2. The molecular formula is C18H15F5N2O. The minimum absolute atomic E-state index is 0.223. The van der Waals surface area contributed by atoms with Gasteiger partial charge in [0.1, 0.15) is 11.6 Å². The first-order valence-corrected chi connectivity index (χ1v) is 7.92. The molecule has 1 saturated heterocycles. The monoisotopic (exact) mass is 370 g/mol. The molecule has 0 aliphatic carbocycles. The summed E-state index contributed by atoms with van der Waals surface area (Å²) < 4.78 is 65.2. The maximum atomic E-state index is 13.7. The van der Waals surface area contributed by atoms with Crippen molar-refractivity contribution in [1.82, 2.24) is 4.90 Å². The average Bonchev–Trinajstić information content (AvgIpc) is 2.61. The largest absolute Gasteiger partial charge is 0.416 e. The summed E-state index contributed by atoms with van der Waals surface area (Å²) in [4.78, 5) is 15.5. The van der Waals surface area contributed by atoms with Gasteiger partial charge in [-0.2, -0.15) is 13.2 Å². The van der Waals surface area contributed by atoms with Crippen LogP contribution >= 0.6 is 0 Å². The second-order valence-electron chi connectivity index (χ2n) is 5.95. The Kier molecular flexibility index (Phi) is 4.84. The molecule has 0 saturated carbocycles. The highest BCUT2D eigenvalue weighted by atomic mass is 19.4. The molecule has 0 atom stereocenters. The fourth-order valence-corrected chi connectivity index (χ4v) is 2.88. The maximum Gasteiger partial charge on any atom is 0.416 e. The zero-order chi connectivity index (χ0) is 18.9. The number of carbonyl (C=O) groups is 1. The van der Waals surface area contributed by atoms with Gasteiger partial charge < -0.3 is 9.80 Å². The molecule has 2 aromatic rings. The van der Waals surface area contributed by atoms with Gasteiger partial charge in [0.15, 0.2) is 0 Å². The van der Waals surface area contributed by atoms with Crippen LogP contribution in [0.15, 0.2) is 42.5 Å². The third kappa shape index (κ3) is 3.79. The van der Waals surface area contributed by atoms with Crippen LogP contribution in [0.5, 0.6) is 0 Å². The first kappa shape index (κ1) is 18.2. The number of piperazine rings is 1. The van der Waals surface area contributed by atoms with Crippen molar-refractivity contribution in [3.63, 3.8) is 0 Å². The van der Waals surface area contributed by atoms with Crippen LogP contribution in [0.1, 0.15) is 15.9 Å². The number of carbonyl (C=O) groups excluding carboxylic acids is 1. The Labute approximate surface area is 146 Å². The number of anilines is 1. The first-order valence-electron chi connectivity index (χ1n) is 7.92. The van der Waals surface area contributed by atoms with Crippen LogP contribution in [0.25, 0.3) is 0 Å². The molecule has 138 valence electrons. The second kappa shape index (κ2) is 6.93. The van der Waals surface area contributed by atoms with E-state index >= 15 is 0 Å². The van der Waals surface area contributed by atoms with Gasteiger partial charge in [-0.15, -0.1) is 0 Å². The van der Waals surface area contributed by atoms with E-state index in [0.29, 0.717) is 24.8 Å². The van der Waals surface area contributed by atoms with Crippen molar-refractivity contribution in [2.75, 3.05) is 31.1 Å². The van der Waals surface area contributed by atoms with Gasteiger partial charge in [-0.3, -0.25) is 4.79 Å². The van der Waals surface area contributed by atoms with E-state index < -0.39 is 29.3 Å². The highest BCUT2D eigenvalue weighted by molar-refractivity contribution is 5.94. The number of benzene rings is 2. The van der Waals surface area contributed by atoms with Gasteiger partial charge in [0.25, 0.3) is 5.91 Å². The molecule has 1 aliphatic rings. The molecule has 1 aliphatic heterocycles. The number of hydrogen-bond donors (Lipinski definition) is 0. The van der Waals surface area contributed by atoms with Crippen LogP contribution in [-0.4, -0.2) is 37.0 Å². The Balaban J connectivity index is 1.68. The summed E-state index contributed by atoms with van der Waals surface area (Å²) in [5, 5.41) is 0. The zero-order valence-electron chi connectivity index (χ0n) is 13.6. The Hall–Kier alpha value is -2.64. The molecule has 1 heterocycles. The lowest BCUT2D eigenvalue weighted by molar-refractivity contribution is -0.137. The third-order valence-electron chi connectivity index (χ3n) is 4.27. The Morgan fingerprint density at radius 2 is 1.62 bits per heavy atom. The lowest BCUT2D eigenvalue weighted by Crippen LogP contribution is -2.49. The smallest absolute Gasteiger partial charge is 0.368 e. The van der Waals surface area contributed by atoms with Crippen LogP contribution in [-0.2, 0) is 6.18 Å². The molecule has 3 rings (SSSR count). The lowest BCUT2D eigenvalue weighted by Gasteiger charge is -2.36. The van der Waals surface area contributed by atoms with Crippen molar-refractivity contribution < 1.29 is 26.7 Å². The van der Waals surface area contributed by atoms with Crippen molar-refractivity contribution in [3.8, 4) is 0 Å². The molecule has 0 radical (unpaired) electrons. The van der Waals surface area contributed by atoms with Crippen LogP contribution in [0, 0.1) is 11.6 Å². The fraction of sp³-hybridized carbons (Fsp3) is 0.278. The third-order valence-corrected chi connectivity index (χ3v) is 4.27. The van der Waals surface area contributed by atoms with Crippen molar-refractivity contribution in [3.05, 3.63) is 65.2 Å². The summed E-state index contributed by atoms with van der Waals surface area (Å²) in [6, 6.07) is 7.72. The molecule has 8 heteroatoms. The Bertz CT molecular complexity index is 813. The quantitative estimate of drug-likeness (QED) is 0.748. The first-order chi connectivity index (χ1) is 12.3. The summed E-state index contributed by atoms with van der Waals surface area (Å²) in [5.74, 6) is -2.27. The normalized spacial score (nSPS) is 15.3. The minimum Gasteiger partial charge on any atom is -0.368 e. The molecule has 0 spiro atoms. The highest BCUT2D eigenvalue weighted by Gasteiger charge is 2.31. The molecular weight excluding hydrogens is 355 g/mol. The standard InChI is InChI=1S/C18H15F5N2O/c19-13-4-5-15(16(20)11-13)17(26)25-8-6-24(7-9-25)14-3-1-2-12(10-14)18(21,22)23/h1-5,10-11H,6-9H2. The van der Waals surface area contributed by atoms with Crippen molar-refractivity contribution >= 4 is 11.6 Å². The molecule has 26 heavy (non-hydrogen) atoms. The topological polar surface area (TPSA) is 23.6 Å². The van der Waals surface area contributed by atoms with Gasteiger partial charge in [0.2, 0.25) is 0 Å². The number of rotatable bonds is 2. The van der Waals surface area contributed by atoms with E-state index in [-0.39, 0.29) is 18.7 Å². The summed E-state index contributed by atoms with van der Waals surface area (Å²) in [6.07, 6.45) is -4.42. The van der Waals surface area contributed by atoms with E-state index in [1.807, 2.05) is 0 Å². The Morgan fingerprint density at radius 3 is 2.23 bits per heavy atom. The fourth-order valence-electron chi connectivity index (χ4n) is 2.88. The predicted octanol–water partition coefficient (Wildman–Crippen LogP) is 3.95. The SMILES string of the molecule is O=C(c1ccc(F)cc1F)N1CCN(c2cccc(C(F)(F)F)c2)CC1. The van der Waals surface area contributed by atoms with Crippen LogP contribution < -0.4 is 4.90 Å². The van der Waals surface area contributed by atoms with E-state index in [0.717, 1.165) is 24.3 Å². The average molecular weight is 370 g/mol.